The molecule has 3 aromatic rings. The fourth-order valence-electron chi connectivity index (χ4n) is 3.49. The summed E-state index contributed by atoms with van der Waals surface area (Å²) in [6.07, 6.45) is 3.29. The van der Waals surface area contributed by atoms with Crippen LogP contribution in [0.25, 0.3) is 0 Å². The van der Waals surface area contributed by atoms with Gasteiger partial charge >= 0.3 is 0 Å². The van der Waals surface area contributed by atoms with E-state index in [0.717, 1.165) is 30.7 Å². The van der Waals surface area contributed by atoms with Crippen LogP contribution in [0.3, 0.4) is 0 Å². The zero-order chi connectivity index (χ0) is 25.0. The molecule has 182 valence electrons. The van der Waals surface area contributed by atoms with Crippen LogP contribution in [0.2, 0.25) is 0 Å². The molecule has 0 bridgehead atoms. The quantitative estimate of drug-likeness (QED) is 0.268. The lowest BCUT2D eigenvalue weighted by atomic mass is 10.1. The van der Waals surface area contributed by atoms with Crippen molar-refractivity contribution in [2.75, 3.05) is 23.4 Å². The third-order valence-corrected chi connectivity index (χ3v) is 5.58. The highest BCUT2D eigenvalue weighted by Crippen LogP contribution is 2.18. The van der Waals surface area contributed by atoms with Crippen molar-refractivity contribution < 1.29 is 14.3 Å². The molecule has 0 spiro atoms. The van der Waals surface area contributed by atoms with Gasteiger partial charge in [-0.25, -0.2) is 0 Å². The van der Waals surface area contributed by atoms with Gasteiger partial charge in [-0.05, 0) is 86.2 Å². The van der Waals surface area contributed by atoms with Gasteiger partial charge in [0.25, 0.3) is 11.8 Å². The van der Waals surface area contributed by atoms with Gasteiger partial charge < -0.3 is 15.0 Å². The predicted molar refractivity (Wildman–Crippen MR) is 145 cm³/mol. The third kappa shape index (κ3) is 7.65. The molecule has 0 aliphatic heterocycles. The number of anilines is 2. The van der Waals surface area contributed by atoms with Crippen LogP contribution in [0.5, 0.6) is 5.75 Å². The fourth-order valence-corrected chi connectivity index (χ4v) is 3.70. The number of benzene rings is 3. The number of nitrogens with one attached hydrogen (secondary N) is 2. The van der Waals surface area contributed by atoms with Gasteiger partial charge in [-0.3, -0.25) is 14.9 Å². The molecule has 0 heterocycles. The molecule has 35 heavy (non-hydrogen) atoms. The van der Waals surface area contributed by atoms with E-state index in [1.165, 1.54) is 0 Å². The fraction of sp³-hybridized carbons (Fsp3) is 0.250. The highest BCUT2D eigenvalue weighted by Gasteiger charge is 2.16. The highest BCUT2D eigenvalue weighted by atomic mass is 32.1. The maximum absolute atomic E-state index is 12.9. The molecule has 0 aliphatic carbocycles. The molecule has 0 aliphatic rings. The van der Waals surface area contributed by atoms with Gasteiger partial charge in [-0.15, -0.1) is 0 Å². The Kier molecular flexibility index (Phi) is 9.80. The number of carbonyl (C=O) groups is 2. The average molecular weight is 490 g/mol. The second kappa shape index (κ2) is 13.2. The largest absolute Gasteiger partial charge is 0.494 e. The highest BCUT2D eigenvalue weighted by molar-refractivity contribution is 7.80. The first-order valence-electron chi connectivity index (χ1n) is 11.8. The number of amides is 2. The second-order valence-corrected chi connectivity index (χ2v) is 8.36. The number of hydrogen-bond acceptors (Lipinski definition) is 4. The number of carbonyl (C=O) groups excluding carboxylic acids is 2. The molecular formula is C28H31N3O3S. The van der Waals surface area contributed by atoms with Gasteiger partial charge in [0.1, 0.15) is 5.75 Å². The number of para-hydroxylation sites is 1. The van der Waals surface area contributed by atoms with Crippen molar-refractivity contribution in [3.63, 3.8) is 0 Å². The number of hydrogen-bond donors (Lipinski definition) is 2. The number of rotatable bonds is 10. The summed E-state index contributed by atoms with van der Waals surface area (Å²) in [6, 6.07) is 23.5. The van der Waals surface area contributed by atoms with E-state index in [2.05, 4.69) is 17.6 Å². The van der Waals surface area contributed by atoms with Crippen LogP contribution in [0.15, 0.2) is 78.9 Å². The lowest BCUT2D eigenvalue weighted by Gasteiger charge is -2.21. The van der Waals surface area contributed by atoms with E-state index in [-0.39, 0.29) is 16.9 Å². The Morgan fingerprint density at radius 1 is 0.857 bits per heavy atom. The molecule has 3 rings (SSSR count). The predicted octanol–water partition coefficient (Wildman–Crippen LogP) is 6.05. The second-order valence-electron chi connectivity index (χ2n) is 7.95. The summed E-state index contributed by atoms with van der Waals surface area (Å²) in [4.78, 5) is 27.2. The standard InChI is InChI=1S/C28H31N3O3S/c1-3-5-9-20-34-25-18-14-21(15-19-25)26(32)30-28(35)29-23-16-12-22(13-17-23)27(33)31(4-2)24-10-7-6-8-11-24/h6-8,10-19H,3-5,9,20H2,1-2H3,(H2,29,30,32,35). The van der Waals surface area contributed by atoms with E-state index in [4.69, 9.17) is 17.0 Å². The average Bonchev–Trinajstić information content (AvgIpc) is 2.88. The van der Waals surface area contributed by atoms with Crippen LogP contribution in [-0.2, 0) is 0 Å². The monoisotopic (exact) mass is 489 g/mol. The number of thiocarbonyl (C=S) groups is 1. The van der Waals surface area contributed by atoms with Crippen molar-refractivity contribution in [2.24, 2.45) is 0 Å². The van der Waals surface area contributed by atoms with Gasteiger partial charge in [0.05, 0.1) is 6.61 Å². The van der Waals surface area contributed by atoms with Gasteiger partial charge in [0.2, 0.25) is 0 Å². The van der Waals surface area contributed by atoms with Crippen molar-refractivity contribution >= 4 is 40.5 Å². The van der Waals surface area contributed by atoms with Crippen molar-refractivity contribution in [3.8, 4) is 5.75 Å². The number of unbranched alkanes of at least 4 members (excludes halogenated alkanes) is 2. The molecule has 0 fully saturated rings. The summed E-state index contributed by atoms with van der Waals surface area (Å²) in [6.45, 7) is 5.32. The van der Waals surface area contributed by atoms with Crippen molar-refractivity contribution in [1.29, 1.82) is 0 Å². The molecule has 2 N–H and O–H groups in total. The summed E-state index contributed by atoms with van der Waals surface area (Å²) >= 11 is 5.29. The zero-order valence-electron chi connectivity index (χ0n) is 20.1. The Balaban J connectivity index is 1.52. The summed E-state index contributed by atoms with van der Waals surface area (Å²) in [5.74, 6) is 0.342. The van der Waals surface area contributed by atoms with E-state index in [1.54, 1.807) is 53.4 Å². The van der Waals surface area contributed by atoms with E-state index in [1.807, 2.05) is 37.3 Å². The zero-order valence-corrected chi connectivity index (χ0v) is 20.9. The minimum Gasteiger partial charge on any atom is -0.494 e. The van der Waals surface area contributed by atoms with Gasteiger partial charge in [-0.1, -0.05) is 38.0 Å². The molecule has 0 radical (unpaired) electrons. The topological polar surface area (TPSA) is 70.7 Å². The van der Waals surface area contributed by atoms with Gasteiger partial charge in [-0.2, -0.15) is 0 Å². The molecule has 6 nitrogen and oxygen atoms in total. The van der Waals surface area contributed by atoms with Crippen LogP contribution < -0.4 is 20.3 Å². The van der Waals surface area contributed by atoms with Crippen LogP contribution in [0, 0.1) is 0 Å². The van der Waals surface area contributed by atoms with Crippen LogP contribution in [-0.4, -0.2) is 30.1 Å². The summed E-state index contributed by atoms with van der Waals surface area (Å²) in [7, 11) is 0. The van der Waals surface area contributed by atoms with Crippen LogP contribution in [0.4, 0.5) is 11.4 Å². The maximum atomic E-state index is 12.9. The molecule has 0 saturated heterocycles. The molecular weight excluding hydrogens is 458 g/mol. The molecule has 0 aromatic heterocycles. The smallest absolute Gasteiger partial charge is 0.258 e. The summed E-state index contributed by atoms with van der Waals surface area (Å²) in [5.41, 5.74) is 2.57. The minimum absolute atomic E-state index is 0.0843. The summed E-state index contributed by atoms with van der Waals surface area (Å²) < 4.78 is 5.68. The molecule has 0 unspecified atom stereocenters. The van der Waals surface area contributed by atoms with E-state index >= 15 is 0 Å². The van der Waals surface area contributed by atoms with Gasteiger partial charge in [0, 0.05) is 29.0 Å². The Morgan fingerprint density at radius 2 is 1.51 bits per heavy atom. The molecule has 7 heteroatoms. The van der Waals surface area contributed by atoms with Crippen LogP contribution >= 0.6 is 12.2 Å². The normalized spacial score (nSPS) is 10.3. The first kappa shape index (κ1) is 25.9. The number of nitrogens with zero attached hydrogens (tertiary/aromatic N) is 1. The van der Waals surface area contributed by atoms with Crippen LogP contribution in [0.1, 0.15) is 53.8 Å². The molecule has 0 atom stereocenters. The maximum Gasteiger partial charge on any atom is 0.258 e. The first-order valence-corrected chi connectivity index (χ1v) is 12.2. The number of ether oxygens (including phenoxy) is 1. The Hall–Kier alpha value is -3.71. The van der Waals surface area contributed by atoms with Gasteiger partial charge in [0.15, 0.2) is 5.11 Å². The van der Waals surface area contributed by atoms with E-state index < -0.39 is 0 Å². The van der Waals surface area contributed by atoms with E-state index in [0.29, 0.717) is 30.0 Å². The first-order chi connectivity index (χ1) is 17.0. The molecule has 2 amide bonds. The van der Waals surface area contributed by atoms with Crippen molar-refractivity contribution in [1.82, 2.24) is 5.32 Å². The lowest BCUT2D eigenvalue weighted by Crippen LogP contribution is -2.34. The van der Waals surface area contributed by atoms with Crippen molar-refractivity contribution in [3.05, 3.63) is 90.0 Å². The van der Waals surface area contributed by atoms with E-state index in [9.17, 15) is 9.59 Å². The minimum atomic E-state index is -0.312. The third-order valence-electron chi connectivity index (χ3n) is 5.38. The molecule has 3 aromatic carbocycles. The SMILES string of the molecule is CCCCCOc1ccc(C(=O)NC(=S)Nc2ccc(C(=O)N(CC)c3ccccc3)cc2)cc1. The Morgan fingerprint density at radius 3 is 2.14 bits per heavy atom. The summed E-state index contributed by atoms with van der Waals surface area (Å²) in [5, 5.41) is 5.83. The Labute approximate surface area is 212 Å². The lowest BCUT2D eigenvalue weighted by molar-refractivity contribution is 0.0973. The Bertz CT molecular complexity index is 1120. The van der Waals surface area contributed by atoms with Crippen molar-refractivity contribution in [2.45, 2.75) is 33.1 Å². The molecule has 0 saturated carbocycles.